The fourth-order valence-corrected chi connectivity index (χ4v) is 0.698. The van der Waals surface area contributed by atoms with Gasteiger partial charge in [0.05, 0.1) is 0 Å². The van der Waals surface area contributed by atoms with Gasteiger partial charge in [-0.15, -0.1) is 0 Å². The van der Waals surface area contributed by atoms with Gasteiger partial charge in [-0.25, -0.2) is 0 Å². The monoisotopic (exact) mass is 115 g/mol. The van der Waals surface area contributed by atoms with Gasteiger partial charge in [0, 0.05) is 0 Å². The van der Waals surface area contributed by atoms with Gasteiger partial charge in [0.15, 0.2) is 0 Å². The molecule has 0 aromatic carbocycles. The minimum atomic E-state index is 1.25. The Morgan fingerprint density at radius 1 is 1.25 bits per heavy atom. The molecule has 0 radical (unpaired) electrons. The normalized spacial score (nSPS) is 18.4. The Morgan fingerprint density at radius 3 is 1.75 bits per heavy atom. The largest absolute Gasteiger partial charge is 0.304 e. The second-order valence-electron chi connectivity index (χ2n) is 1.79. The second-order valence-corrected chi connectivity index (χ2v) is 1.79. The smallest absolute Gasteiger partial charge is 0.000665 e. The van der Waals surface area contributed by atoms with E-state index < -0.39 is 0 Å². The fraction of sp³-hybridized carbons (Fsp3) is 1.00. The van der Waals surface area contributed by atoms with E-state index in [1.165, 1.54) is 26.1 Å². The van der Waals surface area contributed by atoms with Crippen LogP contribution in [-0.4, -0.2) is 24.5 Å². The first-order chi connectivity index (χ1) is 3.93. The lowest BCUT2D eigenvalue weighted by Crippen LogP contribution is -2.36. The van der Waals surface area contributed by atoms with Crippen LogP contribution in [0.3, 0.4) is 0 Å². The third kappa shape index (κ3) is 2.31. The van der Waals surface area contributed by atoms with Gasteiger partial charge in [-0.3, -0.25) is 0 Å². The molecule has 0 N–H and O–H groups in total. The van der Waals surface area contributed by atoms with Crippen LogP contribution < -0.4 is 0 Å². The summed E-state index contributed by atoms with van der Waals surface area (Å²) in [5.74, 6) is 0. The zero-order valence-electron chi connectivity index (χ0n) is 6.28. The molecule has 0 bridgehead atoms. The highest BCUT2D eigenvalue weighted by Gasteiger charge is 2.08. The van der Waals surface area contributed by atoms with E-state index in [1.54, 1.807) is 0 Å². The number of hydrogen-bond acceptors (Lipinski definition) is 1. The van der Waals surface area contributed by atoms with Gasteiger partial charge >= 0.3 is 0 Å². The maximum absolute atomic E-state index is 2.43. The van der Waals surface area contributed by atoms with E-state index in [0.29, 0.717) is 0 Å². The van der Waals surface area contributed by atoms with Gasteiger partial charge in [-0.1, -0.05) is 20.8 Å². The Labute approximate surface area is 52.7 Å². The molecule has 1 rings (SSSR count). The molecule has 0 saturated carbocycles. The minimum Gasteiger partial charge on any atom is -0.304 e. The number of rotatable bonds is 1. The Hall–Kier alpha value is -0.0400. The summed E-state index contributed by atoms with van der Waals surface area (Å²) >= 11 is 0. The number of nitrogens with zero attached hydrogens (tertiary/aromatic N) is 1. The van der Waals surface area contributed by atoms with Gasteiger partial charge in [0.2, 0.25) is 0 Å². The zero-order valence-corrected chi connectivity index (χ0v) is 6.28. The van der Waals surface area contributed by atoms with E-state index in [4.69, 9.17) is 0 Å². The summed E-state index contributed by atoms with van der Waals surface area (Å²) in [4.78, 5) is 2.43. The SMILES string of the molecule is CC.CCN1CCC1. The summed E-state index contributed by atoms with van der Waals surface area (Å²) in [6.45, 7) is 10.1. The summed E-state index contributed by atoms with van der Waals surface area (Å²) in [5, 5.41) is 0. The van der Waals surface area contributed by atoms with E-state index in [1.807, 2.05) is 13.8 Å². The van der Waals surface area contributed by atoms with Crippen molar-refractivity contribution in [2.24, 2.45) is 0 Å². The fourth-order valence-electron chi connectivity index (χ4n) is 0.698. The summed E-state index contributed by atoms with van der Waals surface area (Å²) in [7, 11) is 0. The topological polar surface area (TPSA) is 3.24 Å². The van der Waals surface area contributed by atoms with Gasteiger partial charge in [-0.2, -0.15) is 0 Å². The van der Waals surface area contributed by atoms with Crippen LogP contribution in [0.1, 0.15) is 27.2 Å². The predicted molar refractivity (Wildman–Crippen MR) is 38.1 cm³/mol. The molecule has 1 aliphatic rings. The quantitative estimate of drug-likeness (QED) is 0.503. The first-order valence-electron chi connectivity index (χ1n) is 3.66. The lowest BCUT2D eigenvalue weighted by atomic mass is 10.2. The highest BCUT2D eigenvalue weighted by atomic mass is 15.2. The van der Waals surface area contributed by atoms with Crippen molar-refractivity contribution in [3.05, 3.63) is 0 Å². The van der Waals surface area contributed by atoms with E-state index in [-0.39, 0.29) is 0 Å². The Bertz CT molecular complexity index is 36.9. The molecular weight excluding hydrogens is 98.1 g/mol. The second kappa shape index (κ2) is 5.10. The highest BCUT2D eigenvalue weighted by molar-refractivity contribution is 4.64. The average Bonchev–Trinajstić information content (AvgIpc) is 1.69. The first kappa shape index (κ1) is 7.96. The van der Waals surface area contributed by atoms with Crippen molar-refractivity contribution in [3.63, 3.8) is 0 Å². The Balaban J connectivity index is 0.000000222. The first-order valence-corrected chi connectivity index (χ1v) is 3.66. The summed E-state index contributed by atoms with van der Waals surface area (Å²) in [6.07, 6.45) is 1.42. The van der Waals surface area contributed by atoms with Gasteiger partial charge in [0.1, 0.15) is 0 Å². The van der Waals surface area contributed by atoms with Gasteiger partial charge in [0.25, 0.3) is 0 Å². The molecule has 8 heavy (non-hydrogen) atoms. The molecule has 1 saturated heterocycles. The molecule has 0 unspecified atom stereocenters. The van der Waals surface area contributed by atoms with Crippen molar-refractivity contribution in [2.75, 3.05) is 19.6 Å². The lowest BCUT2D eigenvalue weighted by Gasteiger charge is -2.28. The minimum absolute atomic E-state index is 1.25. The molecule has 1 nitrogen and oxygen atoms in total. The Morgan fingerprint density at radius 2 is 1.75 bits per heavy atom. The predicted octanol–water partition coefficient (Wildman–Crippen LogP) is 1.74. The van der Waals surface area contributed by atoms with Crippen LogP contribution in [0, 0.1) is 0 Å². The molecule has 0 atom stereocenters. The molecule has 0 amide bonds. The molecule has 1 fully saturated rings. The van der Waals surface area contributed by atoms with Crippen molar-refractivity contribution in [1.82, 2.24) is 4.90 Å². The Kier molecular flexibility index (Phi) is 5.08. The van der Waals surface area contributed by atoms with E-state index in [9.17, 15) is 0 Å². The zero-order chi connectivity index (χ0) is 6.41. The highest BCUT2D eigenvalue weighted by Crippen LogP contribution is 2.02. The van der Waals surface area contributed by atoms with Crippen LogP contribution in [0.25, 0.3) is 0 Å². The van der Waals surface area contributed by atoms with E-state index in [2.05, 4.69) is 11.8 Å². The van der Waals surface area contributed by atoms with Crippen molar-refractivity contribution < 1.29 is 0 Å². The van der Waals surface area contributed by atoms with E-state index >= 15 is 0 Å². The molecule has 1 heterocycles. The van der Waals surface area contributed by atoms with Crippen LogP contribution in [0.5, 0.6) is 0 Å². The third-order valence-electron chi connectivity index (χ3n) is 1.40. The van der Waals surface area contributed by atoms with Gasteiger partial charge < -0.3 is 4.90 Å². The van der Waals surface area contributed by atoms with Crippen molar-refractivity contribution in [2.45, 2.75) is 27.2 Å². The average molecular weight is 115 g/mol. The molecule has 50 valence electrons. The summed E-state index contributed by atoms with van der Waals surface area (Å²) in [5.41, 5.74) is 0. The van der Waals surface area contributed by atoms with Crippen LogP contribution in [0.4, 0.5) is 0 Å². The molecule has 1 heteroatoms. The van der Waals surface area contributed by atoms with Crippen molar-refractivity contribution >= 4 is 0 Å². The summed E-state index contributed by atoms with van der Waals surface area (Å²) < 4.78 is 0. The van der Waals surface area contributed by atoms with Crippen LogP contribution in [-0.2, 0) is 0 Å². The molecule has 0 aromatic rings. The van der Waals surface area contributed by atoms with Crippen LogP contribution >= 0.6 is 0 Å². The van der Waals surface area contributed by atoms with Gasteiger partial charge in [-0.05, 0) is 26.1 Å². The maximum atomic E-state index is 2.43. The third-order valence-corrected chi connectivity index (χ3v) is 1.40. The van der Waals surface area contributed by atoms with Crippen molar-refractivity contribution in [3.8, 4) is 0 Å². The van der Waals surface area contributed by atoms with Crippen LogP contribution in [0.2, 0.25) is 0 Å². The summed E-state index contributed by atoms with van der Waals surface area (Å²) in [6, 6.07) is 0. The number of hydrogen-bond donors (Lipinski definition) is 0. The molecule has 0 spiro atoms. The number of likely N-dealkylation sites (tertiary alicyclic amines) is 1. The molecule has 1 aliphatic heterocycles. The molecule has 0 aliphatic carbocycles. The van der Waals surface area contributed by atoms with Crippen LogP contribution in [0.15, 0.2) is 0 Å². The van der Waals surface area contributed by atoms with Crippen molar-refractivity contribution in [1.29, 1.82) is 0 Å². The standard InChI is InChI=1S/C5H11N.C2H6/c1-2-6-4-3-5-6;1-2/h2-5H2,1H3;1-2H3. The lowest BCUT2D eigenvalue weighted by molar-refractivity contribution is 0.192. The van der Waals surface area contributed by atoms with E-state index in [0.717, 1.165) is 0 Å². The molecule has 0 aromatic heterocycles. The maximum Gasteiger partial charge on any atom is -0.000665 e. The molecular formula is C7H17N.